The van der Waals surface area contributed by atoms with Gasteiger partial charge in [-0.2, -0.15) is 0 Å². The first-order valence-electron chi connectivity index (χ1n) is 3.06. The van der Waals surface area contributed by atoms with E-state index >= 15 is 0 Å². The first kappa shape index (κ1) is 18.4. The van der Waals surface area contributed by atoms with Crippen molar-refractivity contribution in [1.29, 1.82) is 0 Å². The first-order valence-corrected chi connectivity index (χ1v) is 3.06. The predicted molar refractivity (Wildman–Crippen MR) is 42.1 cm³/mol. The van der Waals surface area contributed by atoms with Crippen molar-refractivity contribution in [3.05, 3.63) is 12.3 Å². The third-order valence-corrected chi connectivity index (χ3v) is 2.03. The van der Waals surface area contributed by atoms with Crippen LogP contribution in [0.25, 0.3) is 12.3 Å². The molecular weight excluding hydrogens is 359 g/mol. The van der Waals surface area contributed by atoms with Crippen LogP contribution in [0.5, 0.6) is 0 Å². The zero-order chi connectivity index (χ0) is 7.78. The van der Waals surface area contributed by atoms with E-state index in [4.69, 9.17) is 10.2 Å². The molecule has 0 aromatic heterocycles. The van der Waals surface area contributed by atoms with Crippen LogP contribution in [0.2, 0.25) is 0 Å². The number of carbonyl (C=O) groups is 2. The number of hydrogen-bond donors (Lipinski definition) is 2. The molecule has 6 nitrogen and oxygen atoms in total. The Kier molecular flexibility index (Phi) is 8.57. The maximum atomic E-state index is 10.4. The van der Waals surface area contributed by atoms with Crippen molar-refractivity contribution < 1.29 is 40.9 Å². The average Bonchev–Trinajstić information content (AvgIpc) is 1.57. The van der Waals surface area contributed by atoms with Gasteiger partial charge in [-0.25, -0.2) is 0 Å². The summed E-state index contributed by atoms with van der Waals surface area (Å²) in [6.45, 7) is 0. The minimum atomic E-state index is -1.44. The first-order chi connectivity index (χ1) is 4.59. The van der Waals surface area contributed by atoms with Gasteiger partial charge in [-0.05, 0) is 19.3 Å². The Labute approximate surface area is 90.1 Å². The molecule has 0 amide bonds. The topological polar surface area (TPSA) is 142 Å². The Morgan fingerprint density at radius 3 is 1.31 bits per heavy atom. The summed E-state index contributed by atoms with van der Waals surface area (Å²) in [5.41, 5.74) is -1.44. The molecule has 0 aromatic carbocycles. The zero-order valence-corrected chi connectivity index (χ0v) is 9.08. The number of aliphatic carboxylic acids is 2. The summed E-state index contributed by atoms with van der Waals surface area (Å²) in [6.07, 6.45) is 1.26. The molecule has 0 saturated heterocycles. The van der Waals surface area contributed by atoms with E-state index in [0.29, 0.717) is 6.42 Å². The Morgan fingerprint density at radius 2 is 1.31 bits per heavy atom. The summed E-state index contributed by atoms with van der Waals surface area (Å²) in [5.74, 6) is -2.41. The van der Waals surface area contributed by atoms with Crippen LogP contribution >= 0.6 is 0 Å². The second kappa shape index (κ2) is 6.07. The van der Waals surface area contributed by atoms with Crippen LogP contribution in [0.15, 0.2) is 0 Å². The molecule has 1 rings (SSSR count). The second-order valence-corrected chi connectivity index (χ2v) is 2.55. The molecule has 0 aliphatic heterocycles. The number of nitrogens with two attached hydrogens (primary N) is 2. The fourth-order valence-electron chi connectivity index (χ4n) is 1.05. The molecule has 1 aliphatic carbocycles. The maximum absolute atomic E-state index is 10.4. The zero-order valence-electron chi connectivity index (χ0n) is 6.80. The van der Waals surface area contributed by atoms with Crippen LogP contribution in [0.3, 0.4) is 0 Å². The quantitative estimate of drug-likeness (QED) is 0.713. The number of hydrogen-bond acceptors (Lipinski definition) is 2. The van der Waals surface area contributed by atoms with Crippen LogP contribution in [0.4, 0.5) is 0 Å². The van der Waals surface area contributed by atoms with Crippen molar-refractivity contribution in [2.75, 3.05) is 0 Å². The Bertz CT molecular complexity index is 177. The minimum absolute atomic E-state index is 0. The molecule has 1 saturated carbocycles. The largest absolute Gasteiger partial charge is 2.00 e. The van der Waals surface area contributed by atoms with Gasteiger partial charge in [0.25, 0.3) is 0 Å². The van der Waals surface area contributed by atoms with Gasteiger partial charge in [0.15, 0.2) is 5.41 Å². The molecule has 0 unspecified atom stereocenters. The summed E-state index contributed by atoms with van der Waals surface area (Å²) in [7, 11) is 0. The molecule has 7 heteroatoms. The molecule has 1 fully saturated rings. The van der Waals surface area contributed by atoms with Gasteiger partial charge in [0, 0.05) is 0 Å². The van der Waals surface area contributed by atoms with Crippen LogP contribution < -0.4 is 0 Å². The smallest absolute Gasteiger partial charge is 0.693 e. The van der Waals surface area contributed by atoms with Gasteiger partial charge in [0.2, 0.25) is 0 Å². The van der Waals surface area contributed by atoms with E-state index in [1.54, 1.807) is 0 Å². The molecular formula is C6H12N2O4Pt. The molecule has 0 radical (unpaired) electrons. The molecule has 0 bridgehead atoms. The third kappa shape index (κ3) is 2.76. The fraction of sp³-hybridized carbons (Fsp3) is 0.667. The van der Waals surface area contributed by atoms with Gasteiger partial charge in [0.05, 0.1) is 0 Å². The van der Waals surface area contributed by atoms with Crippen LogP contribution in [-0.2, 0) is 30.7 Å². The standard InChI is InChI=1S/C6H8O4.2H2N.Pt/c7-4(8)6(5(9)10)2-1-3-6;;;/h1-3H2,(H,7,8)(H,9,10);2*1H2;/q;2*-1;+2. The summed E-state index contributed by atoms with van der Waals surface area (Å²) < 4.78 is 0. The molecule has 0 atom stereocenters. The van der Waals surface area contributed by atoms with Gasteiger partial charge < -0.3 is 22.5 Å². The normalized spacial score (nSPS) is 16.3. The van der Waals surface area contributed by atoms with Gasteiger partial charge in [-0.3, -0.25) is 9.59 Å². The minimum Gasteiger partial charge on any atom is -0.693 e. The van der Waals surface area contributed by atoms with Gasteiger partial charge >= 0.3 is 33.0 Å². The van der Waals surface area contributed by atoms with Gasteiger partial charge in [0.1, 0.15) is 0 Å². The van der Waals surface area contributed by atoms with E-state index in [9.17, 15) is 9.59 Å². The van der Waals surface area contributed by atoms with E-state index in [0.717, 1.165) is 0 Å². The maximum Gasteiger partial charge on any atom is 2.00 e. The number of carboxylic acid groups (broad SMARTS) is 2. The average molecular weight is 371 g/mol. The van der Waals surface area contributed by atoms with E-state index in [-0.39, 0.29) is 46.2 Å². The Morgan fingerprint density at radius 1 is 1.00 bits per heavy atom. The summed E-state index contributed by atoms with van der Waals surface area (Å²) in [5, 5.41) is 16.9. The van der Waals surface area contributed by atoms with Crippen molar-refractivity contribution in [3.63, 3.8) is 0 Å². The van der Waals surface area contributed by atoms with Crippen LogP contribution in [0, 0.1) is 5.41 Å². The SMILES string of the molecule is O=C(O)C1(C(=O)O)CCC1.[NH2-].[NH2-].[Pt+2]. The van der Waals surface area contributed by atoms with Crippen molar-refractivity contribution in [2.24, 2.45) is 5.41 Å². The third-order valence-electron chi connectivity index (χ3n) is 2.03. The second-order valence-electron chi connectivity index (χ2n) is 2.55. The van der Waals surface area contributed by atoms with Gasteiger partial charge in [-0.1, -0.05) is 0 Å². The molecule has 80 valence electrons. The number of carboxylic acids is 2. The molecule has 6 N–H and O–H groups in total. The van der Waals surface area contributed by atoms with Gasteiger partial charge in [-0.15, -0.1) is 0 Å². The summed E-state index contributed by atoms with van der Waals surface area (Å²) in [4.78, 5) is 20.7. The van der Waals surface area contributed by atoms with Crippen molar-refractivity contribution >= 4 is 11.9 Å². The molecule has 0 aromatic rings. The molecule has 13 heavy (non-hydrogen) atoms. The van der Waals surface area contributed by atoms with E-state index in [1.807, 2.05) is 0 Å². The Balaban J connectivity index is -0.000000333. The Hall–Kier alpha value is -0.452. The van der Waals surface area contributed by atoms with Crippen LogP contribution in [-0.4, -0.2) is 22.2 Å². The summed E-state index contributed by atoms with van der Waals surface area (Å²) >= 11 is 0. The van der Waals surface area contributed by atoms with E-state index in [2.05, 4.69) is 0 Å². The fourth-order valence-corrected chi connectivity index (χ4v) is 1.05. The van der Waals surface area contributed by atoms with Crippen molar-refractivity contribution in [2.45, 2.75) is 19.3 Å². The van der Waals surface area contributed by atoms with Crippen molar-refractivity contribution in [3.8, 4) is 0 Å². The molecule has 1 aliphatic rings. The van der Waals surface area contributed by atoms with E-state index in [1.165, 1.54) is 0 Å². The monoisotopic (exact) mass is 371 g/mol. The van der Waals surface area contributed by atoms with Crippen molar-refractivity contribution in [1.82, 2.24) is 0 Å². The molecule has 0 heterocycles. The predicted octanol–water partition coefficient (Wildman–Crippen LogP) is 1.76. The summed E-state index contributed by atoms with van der Waals surface area (Å²) in [6, 6.07) is 0. The van der Waals surface area contributed by atoms with Crippen LogP contribution in [0.1, 0.15) is 19.3 Å². The molecule has 0 spiro atoms. The number of rotatable bonds is 2. The van der Waals surface area contributed by atoms with E-state index < -0.39 is 17.4 Å².